The molecular weight excluding hydrogens is 242 g/mol. The van der Waals surface area contributed by atoms with Gasteiger partial charge in [0.1, 0.15) is 0 Å². The summed E-state index contributed by atoms with van der Waals surface area (Å²) in [6, 6.07) is 0. The zero-order valence-corrected chi connectivity index (χ0v) is 10.3. The molecule has 0 heterocycles. The lowest BCUT2D eigenvalue weighted by Crippen LogP contribution is -2.27. The second-order valence-corrected chi connectivity index (χ2v) is 4.89. The van der Waals surface area contributed by atoms with E-state index in [2.05, 4.69) is 21.2 Å². The third kappa shape index (κ3) is 4.99. The number of hydrogen-bond donors (Lipinski definition) is 1. The summed E-state index contributed by atoms with van der Waals surface area (Å²) in [6.45, 7) is 0.756. The first-order valence-corrected chi connectivity index (χ1v) is 6.77. The van der Waals surface area contributed by atoms with E-state index >= 15 is 0 Å². The highest BCUT2D eigenvalue weighted by Gasteiger charge is 2.15. The normalized spacial score (nSPS) is 18.9. The van der Waals surface area contributed by atoms with Crippen molar-refractivity contribution in [1.82, 2.24) is 5.32 Å². The Bertz CT molecular complexity index is 165. The molecular formula is C11H20BrNO. The Morgan fingerprint density at radius 2 is 1.86 bits per heavy atom. The van der Waals surface area contributed by atoms with Gasteiger partial charge in [0.25, 0.3) is 0 Å². The van der Waals surface area contributed by atoms with Gasteiger partial charge in [-0.05, 0) is 18.8 Å². The van der Waals surface area contributed by atoms with Crippen molar-refractivity contribution in [3.05, 3.63) is 0 Å². The number of amides is 1. The van der Waals surface area contributed by atoms with Crippen LogP contribution in [0, 0.1) is 5.92 Å². The summed E-state index contributed by atoms with van der Waals surface area (Å²) in [4.78, 5) is 11.5. The van der Waals surface area contributed by atoms with Crippen LogP contribution in [0.4, 0.5) is 0 Å². The van der Waals surface area contributed by atoms with E-state index in [1.165, 1.54) is 38.5 Å². The van der Waals surface area contributed by atoms with Crippen molar-refractivity contribution in [3.63, 3.8) is 0 Å². The fraction of sp³-hybridized carbons (Fsp3) is 0.909. The van der Waals surface area contributed by atoms with Gasteiger partial charge < -0.3 is 5.32 Å². The van der Waals surface area contributed by atoms with Crippen LogP contribution in [-0.4, -0.2) is 17.8 Å². The van der Waals surface area contributed by atoms with Gasteiger partial charge in [-0.15, -0.1) is 0 Å². The Hall–Kier alpha value is -0.0500. The molecule has 1 aliphatic carbocycles. The summed E-state index contributed by atoms with van der Waals surface area (Å²) in [5.41, 5.74) is 0. The highest BCUT2D eigenvalue weighted by atomic mass is 79.9. The Kier molecular flexibility index (Phi) is 6.24. The topological polar surface area (TPSA) is 29.1 Å². The average Bonchev–Trinajstić information content (AvgIpc) is 2.43. The van der Waals surface area contributed by atoms with E-state index in [0.717, 1.165) is 18.3 Å². The molecule has 1 aliphatic rings. The van der Waals surface area contributed by atoms with E-state index in [1.54, 1.807) is 0 Å². The van der Waals surface area contributed by atoms with Crippen LogP contribution >= 0.6 is 15.9 Å². The predicted molar refractivity (Wildman–Crippen MR) is 62.6 cm³/mol. The fourth-order valence-electron chi connectivity index (χ4n) is 2.09. The molecule has 0 aromatic heterocycles. The molecule has 3 heteroatoms. The lowest BCUT2D eigenvalue weighted by molar-refractivity contribution is -0.121. The SMILES string of the molecule is O=C(CC1CCCCCC1)NCCBr. The average molecular weight is 262 g/mol. The van der Waals surface area contributed by atoms with Gasteiger partial charge in [-0.25, -0.2) is 0 Å². The van der Waals surface area contributed by atoms with Gasteiger partial charge in [0, 0.05) is 18.3 Å². The molecule has 0 aromatic rings. The van der Waals surface area contributed by atoms with Crippen LogP contribution in [0.1, 0.15) is 44.9 Å². The van der Waals surface area contributed by atoms with Crippen molar-refractivity contribution in [3.8, 4) is 0 Å². The summed E-state index contributed by atoms with van der Waals surface area (Å²) in [5.74, 6) is 0.879. The fourth-order valence-corrected chi connectivity index (χ4v) is 2.29. The minimum atomic E-state index is 0.233. The van der Waals surface area contributed by atoms with Crippen LogP contribution in [0.25, 0.3) is 0 Å². The third-order valence-electron chi connectivity index (χ3n) is 2.87. The summed E-state index contributed by atoms with van der Waals surface area (Å²) < 4.78 is 0. The van der Waals surface area contributed by atoms with Gasteiger partial charge in [-0.2, -0.15) is 0 Å². The van der Waals surface area contributed by atoms with E-state index in [4.69, 9.17) is 0 Å². The summed E-state index contributed by atoms with van der Waals surface area (Å²) in [7, 11) is 0. The smallest absolute Gasteiger partial charge is 0.220 e. The Balaban J connectivity index is 2.17. The first-order valence-electron chi connectivity index (χ1n) is 5.65. The molecule has 1 rings (SSSR count). The molecule has 1 fully saturated rings. The zero-order valence-electron chi connectivity index (χ0n) is 8.73. The minimum Gasteiger partial charge on any atom is -0.355 e. The lowest BCUT2D eigenvalue weighted by Gasteiger charge is -2.12. The first-order chi connectivity index (χ1) is 6.83. The van der Waals surface area contributed by atoms with Gasteiger partial charge in [0.15, 0.2) is 0 Å². The lowest BCUT2D eigenvalue weighted by atomic mass is 9.96. The Morgan fingerprint density at radius 3 is 2.43 bits per heavy atom. The van der Waals surface area contributed by atoms with Crippen LogP contribution < -0.4 is 5.32 Å². The van der Waals surface area contributed by atoms with Crippen LogP contribution in [0.3, 0.4) is 0 Å². The molecule has 82 valence electrons. The molecule has 1 amide bonds. The summed E-state index contributed by atoms with van der Waals surface area (Å²) >= 11 is 3.30. The molecule has 0 atom stereocenters. The quantitative estimate of drug-likeness (QED) is 0.612. The van der Waals surface area contributed by atoms with Crippen molar-refractivity contribution in [2.45, 2.75) is 44.9 Å². The number of rotatable bonds is 4. The van der Waals surface area contributed by atoms with Gasteiger partial charge in [-0.1, -0.05) is 41.6 Å². The van der Waals surface area contributed by atoms with E-state index in [1.807, 2.05) is 0 Å². The van der Waals surface area contributed by atoms with Gasteiger partial charge in [-0.3, -0.25) is 4.79 Å². The second-order valence-electron chi connectivity index (χ2n) is 4.10. The summed E-state index contributed by atoms with van der Waals surface area (Å²) in [6.07, 6.45) is 8.60. The van der Waals surface area contributed by atoms with Crippen molar-refractivity contribution in [1.29, 1.82) is 0 Å². The maximum absolute atomic E-state index is 11.5. The van der Waals surface area contributed by atoms with Crippen molar-refractivity contribution < 1.29 is 4.79 Å². The first kappa shape index (κ1) is 12.0. The molecule has 0 unspecified atom stereocenters. The number of nitrogens with one attached hydrogen (secondary N) is 1. The molecule has 0 spiro atoms. The molecule has 2 nitrogen and oxygen atoms in total. The van der Waals surface area contributed by atoms with Gasteiger partial charge >= 0.3 is 0 Å². The molecule has 0 aromatic carbocycles. The summed E-state index contributed by atoms with van der Waals surface area (Å²) in [5, 5.41) is 3.76. The van der Waals surface area contributed by atoms with E-state index < -0.39 is 0 Å². The van der Waals surface area contributed by atoms with E-state index in [-0.39, 0.29) is 5.91 Å². The minimum absolute atomic E-state index is 0.233. The van der Waals surface area contributed by atoms with Crippen LogP contribution in [0.5, 0.6) is 0 Å². The number of carbonyl (C=O) groups excluding carboxylic acids is 1. The molecule has 0 radical (unpaired) electrons. The largest absolute Gasteiger partial charge is 0.355 e. The third-order valence-corrected chi connectivity index (χ3v) is 3.26. The molecule has 0 bridgehead atoms. The van der Waals surface area contributed by atoms with Crippen LogP contribution in [0.2, 0.25) is 0 Å². The van der Waals surface area contributed by atoms with Crippen LogP contribution in [-0.2, 0) is 4.79 Å². The molecule has 0 saturated heterocycles. The number of halogens is 1. The molecule has 14 heavy (non-hydrogen) atoms. The standard InChI is InChI=1S/C11H20BrNO/c12-7-8-13-11(14)9-10-5-3-1-2-4-6-10/h10H,1-9H2,(H,13,14). The highest BCUT2D eigenvalue weighted by Crippen LogP contribution is 2.25. The number of hydrogen-bond acceptors (Lipinski definition) is 1. The molecule has 0 aliphatic heterocycles. The van der Waals surface area contributed by atoms with Crippen molar-refractivity contribution in [2.24, 2.45) is 5.92 Å². The number of alkyl halides is 1. The zero-order chi connectivity index (χ0) is 10.2. The Labute approximate surface area is 95.0 Å². The van der Waals surface area contributed by atoms with Gasteiger partial charge in [0.2, 0.25) is 5.91 Å². The maximum Gasteiger partial charge on any atom is 0.220 e. The second kappa shape index (κ2) is 7.27. The van der Waals surface area contributed by atoms with E-state index in [9.17, 15) is 4.79 Å². The maximum atomic E-state index is 11.5. The monoisotopic (exact) mass is 261 g/mol. The predicted octanol–water partition coefficient (Wildman–Crippen LogP) is 2.86. The number of carbonyl (C=O) groups is 1. The van der Waals surface area contributed by atoms with Crippen molar-refractivity contribution >= 4 is 21.8 Å². The Morgan fingerprint density at radius 1 is 1.21 bits per heavy atom. The highest BCUT2D eigenvalue weighted by molar-refractivity contribution is 9.09. The van der Waals surface area contributed by atoms with E-state index in [0.29, 0.717) is 5.92 Å². The van der Waals surface area contributed by atoms with Crippen molar-refractivity contribution in [2.75, 3.05) is 11.9 Å². The van der Waals surface area contributed by atoms with Gasteiger partial charge in [0.05, 0.1) is 0 Å². The molecule has 1 saturated carbocycles. The van der Waals surface area contributed by atoms with Crippen LogP contribution in [0.15, 0.2) is 0 Å². The molecule has 1 N–H and O–H groups in total.